The molecule has 4 N–H and O–H groups in total. The van der Waals surface area contributed by atoms with Crippen LogP contribution in [0.25, 0.3) is 0 Å². The fraction of sp³-hybridized carbons (Fsp3) is 0.385. The van der Waals surface area contributed by atoms with E-state index in [4.69, 9.17) is 19.9 Å². The molecule has 0 saturated carbocycles. The Labute approximate surface area is 210 Å². The van der Waals surface area contributed by atoms with Crippen molar-refractivity contribution in [3.63, 3.8) is 0 Å². The summed E-state index contributed by atoms with van der Waals surface area (Å²) < 4.78 is 31.9. The molecular formula is C26H33FN4O5. The topological polar surface area (TPSA) is 119 Å². The summed E-state index contributed by atoms with van der Waals surface area (Å²) in [5.74, 6) is -0.259. The summed E-state index contributed by atoms with van der Waals surface area (Å²) in [6.45, 7) is 3.67. The number of aliphatic hydroxyl groups excluding tert-OH is 1. The molecule has 0 aromatic heterocycles. The van der Waals surface area contributed by atoms with Crippen LogP contribution in [0, 0.1) is 5.82 Å². The molecule has 10 heteroatoms. The normalized spacial score (nSPS) is 15.4. The Balaban J connectivity index is 1.89. The first kappa shape index (κ1) is 27.0. The summed E-state index contributed by atoms with van der Waals surface area (Å²) in [5.41, 5.74) is 6.43. The molecular weight excluding hydrogens is 467 g/mol. The van der Waals surface area contributed by atoms with Crippen molar-refractivity contribution in [1.29, 1.82) is 0 Å². The summed E-state index contributed by atoms with van der Waals surface area (Å²) in [4.78, 5) is 18.1. The van der Waals surface area contributed by atoms with E-state index in [1.807, 2.05) is 6.92 Å². The minimum Gasteiger partial charge on any atom is -0.488 e. The zero-order chi connectivity index (χ0) is 26.1. The van der Waals surface area contributed by atoms with Gasteiger partial charge < -0.3 is 35.3 Å². The molecule has 0 bridgehead atoms. The molecule has 1 heterocycles. The Morgan fingerprint density at radius 1 is 1.28 bits per heavy atom. The van der Waals surface area contributed by atoms with E-state index in [1.165, 1.54) is 24.3 Å². The van der Waals surface area contributed by atoms with Crippen molar-refractivity contribution in [3.05, 3.63) is 65.6 Å². The highest BCUT2D eigenvalue weighted by Gasteiger charge is 2.23. The Bertz CT molecular complexity index is 1100. The fourth-order valence-electron chi connectivity index (χ4n) is 3.46. The molecule has 9 nitrogen and oxygen atoms in total. The zero-order valence-corrected chi connectivity index (χ0v) is 20.7. The van der Waals surface area contributed by atoms with Gasteiger partial charge in [-0.2, -0.15) is 0 Å². The number of nitrogens with one attached hydrogen (secondary N) is 1. The van der Waals surface area contributed by atoms with E-state index in [9.17, 15) is 14.3 Å². The van der Waals surface area contributed by atoms with Gasteiger partial charge in [-0.05, 0) is 55.4 Å². The number of aliphatic imine (C=N–C) groups is 1. The number of nitrogens with two attached hydrogens (primary N) is 1. The van der Waals surface area contributed by atoms with Gasteiger partial charge in [0.25, 0.3) is 5.91 Å². The van der Waals surface area contributed by atoms with E-state index in [2.05, 4.69) is 10.3 Å². The van der Waals surface area contributed by atoms with Crippen LogP contribution in [0.1, 0.15) is 41.9 Å². The Morgan fingerprint density at radius 2 is 2.03 bits per heavy atom. The maximum absolute atomic E-state index is 14.9. The number of aliphatic hydroxyl groups is 1. The van der Waals surface area contributed by atoms with Crippen LogP contribution in [0.15, 0.2) is 53.7 Å². The maximum Gasteiger partial charge on any atom is 0.253 e. The number of benzene rings is 2. The van der Waals surface area contributed by atoms with Gasteiger partial charge in [-0.3, -0.25) is 4.79 Å². The fourth-order valence-corrected chi connectivity index (χ4v) is 3.46. The zero-order valence-electron chi connectivity index (χ0n) is 20.7. The molecule has 2 aromatic carbocycles. The first-order valence-corrected chi connectivity index (χ1v) is 11.8. The molecule has 194 valence electrons. The summed E-state index contributed by atoms with van der Waals surface area (Å²) in [5, 5.41) is 13.5. The average Bonchev–Trinajstić information content (AvgIpc) is 2.82. The Kier molecular flexibility index (Phi) is 9.66. The lowest BCUT2D eigenvalue weighted by molar-refractivity contribution is 0.0651. The second-order valence-corrected chi connectivity index (χ2v) is 8.28. The second kappa shape index (κ2) is 12.9. The lowest BCUT2D eigenvalue weighted by Gasteiger charge is -2.30. The van der Waals surface area contributed by atoms with Gasteiger partial charge in [-0.1, -0.05) is 6.92 Å². The third-order valence-electron chi connectivity index (χ3n) is 5.55. The first-order valence-electron chi connectivity index (χ1n) is 11.8. The standard InChI is InChI=1S/C26H33FN4O5/c1-4-19(16-34-3)35-20-12-18(25(32)30-24(28)8-9-29-2)13-21(15-20)36-23-7-6-17(14-22(23)27)26(33)31-10-5-11-31/h6-9,12-15,19,25,29,32H,4-5,10-11,16H2,1-3H3,(H2,28,30)/b9-8-/t19-,25?/m0/s1. The minimum atomic E-state index is -1.32. The van der Waals surface area contributed by atoms with E-state index >= 15 is 0 Å². The Morgan fingerprint density at radius 3 is 2.64 bits per heavy atom. The van der Waals surface area contributed by atoms with Crippen molar-refractivity contribution < 1.29 is 28.5 Å². The van der Waals surface area contributed by atoms with E-state index in [0.29, 0.717) is 37.4 Å². The summed E-state index contributed by atoms with van der Waals surface area (Å²) in [6.07, 6.45) is 3.15. The highest BCUT2D eigenvalue weighted by atomic mass is 19.1. The highest BCUT2D eigenvalue weighted by molar-refractivity contribution is 5.94. The van der Waals surface area contributed by atoms with Crippen molar-refractivity contribution in [2.45, 2.75) is 32.1 Å². The summed E-state index contributed by atoms with van der Waals surface area (Å²) >= 11 is 0. The Hall–Kier alpha value is -3.63. The van der Waals surface area contributed by atoms with Crippen molar-refractivity contribution >= 4 is 11.7 Å². The first-order chi connectivity index (χ1) is 17.3. The van der Waals surface area contributed by atoms with Crippen LogP contribution in [0.5, 0.6) is 17.2 Å². The molecule has 1 saturated heterocycles. The molecule has 36 heavy (non-hydrogen) atoms. The van der Waals surface area contributed by atoms with Crippen LogP contribution in [-0.4, -0.2) is 61.7 Å². The van der Waals surface area contributed by atoms with Crippen molar-refractivity contribution in [3.8, 4) is 17.2 Å². The van der Waals surface area contributed by atoms with Gasteiger partial charge in [0.15, 0.2) is 17.8 Å². The number of carbonyl (C=O) groups is 1. The van der Waals surface area contributed by atoms with Crippen LogP contribution in [-0.2, 0) is 4.74 Å². The van der Waals surface area contributed by atoms with E-state index in [1.54, 1.807) is 37.4 Å². The van der Waals surface area contributed by atoms with E-state index in [-0.39, 0.29) is 34.9 Å². The van der Waals surface area contributed by atoms with Gasteiger partial charge in [0.1, 0.15) is 23.4 Å². The molecule has 1 unspecified atom stereocenters. The minimum absolute atomic E-state index is 0.0725. The largest absolute Gasteiger partial charge is 0.488 e. The number of hydrogen-bond acceptors (Lipinski definition) is 7. The molecule has 1 aliphatic heterocycles. The van der Waals surface area contributed by atoms with E-state index in [0.717, 1.165) is 12.5 Å². The number of likely N-dealkylation sites (tertiary alicyclic amines) is 1. The maximum atomic E-state index is 14.9. The van der Waals surface area contributed by atoms with Crippen molar-refractivity contribution in [2.75, 3.05) is 33.9 Å². The summed E-state index contributed by atoms with van der Waals surface area (Å²) in [7, 11) is 3.29. The van der Waals surface area contributed by atoms with Gasteiger partial charge in [0.05, 0.1) is 6.61 Å². The number of hydrogen-bond donors (Lipinski definition) is 3. The van der Waals surface area contributed by atoms with Gasteiger partial charge in [-0.15, -0.1) is 0 Å². The van der Waals surface area contributed by atoms with Gasteiger partial charge in [-0.25, -0.2) is 9.38 Å². The van der Waals surface area contributed by atoms with Crippen LogP contribution in [0.2, 0.25) is 0 Å². The number of carbonyl (C=O) groups excluding carboxylic acids is 1. The van der Waals surface area contributed by atoms with Gasteiger partial charge in [0.2, 0.25) is 0 Å². The number of methoxy groups -OCH3 is 1. The highest BCUT2D eigenvalue weighted by Crippen LogP contribution is 2.33. The quantitative estimate of drug-likeness (QED) is 0.302. The van der Waals surface area contributed by atoms with E-state index < -0.39 is 12.0 Å². The van der Waals surface area contributed by atoms with Gasteiger partial charge in [0, 0.05) is 44.4 Å². The van der Waals surface area contributed by atoms with Crippen LogP contribution in [0.3, 0.4) is 0 Å². The number of amides is 1. The molecule has 0 aliphatic carbocycles. The summed E-state index contributed by atoms with van der Waals surface area (Å²) in [6, 6.07) is 8.81. The second-order valence-electron chi connectivity index (χ2n) is 8.28. The number of rotatable bonds is 12. The van der Waals surface area contributed by atoms with Crippen LogP contribution in [0.4, 0.5) is 4.39 Å². The molecule has 1 fully saturated rings. The predicted octanol–water partition coefficient (Wildman–Crippen LogP) is 3.35. The molecule has 0 radical (unpaired) electrons. The molecule has 1 amide bonds. The molecule has 1 aliphatic rings. The number of ether oxygens (including phenoxy) is 3. The third kappa shape index (κ3) is 7.19. The van der Waals surface area contributed by atoms with Gasteiger partial charge >= 0.3 is 0 Å². The lowest BCUT2D eigenvalue weighted by Crippen LogP contribution is -2.42. The van der Waals surface area contributed by atoms with Crippen molar-refractivity contribution in [2.24, 2.45) is 10.7 Å². The average molecular weight is 501 g/mol. The third-order valence-corrected chi connectivity index (χ3v) is 5.55. The van der Waals surface area contributed by atoms with Crippen LogP contribution < -0.4 is 20.5 Å². The molecule has 2 aromatic rings. The molecule has 0 spiro atoms. The smallest absolute Gasteiger partial charge is 0.253 e. The molecule has 3 rings (SSSR count). The number of nitrogens with zero attached hydrogens (tertiary/aromatic N) is 2. The predicted molar refractivity (Wildman–Crippen MR) is 135 cm³/mol. The lowest BCUT2D eigenvalue weighted by atomic mass is 10.1. The number of amidine groups is 1. The number of halogens is 1. The molecule has 2 atom stereocenters. The SMILES string of the molecule is CC[C@@H](COC)Oc1cc(Oc2ccc(C(=O)N3CCC3)cc2F)cc(C(O)/N=C(N)\C=C/NC)c1. The monoisotopic (exact) mass is 500 g/mol. The van der Waals surface area contributed by atoms with Crippen LogP contribution >= 0.6 is 0 Å². The van der Waals surface area contributed by atoms with Crippen molar-refractivity contribution in [1.82, 2.24) is 10.2 Å².